The predicted octanol–water partition coefficient (Wildman–Crippen LogP) is 3.73. The summed E-state index contributed by atoms with van der Waals surface area (Å²) in [5.74, 6) is 1.35. The molecule has 6 nitrogen and oxygen atoms in total. The van der Waals surface area contributed by atoms with Crippen molar-refractivity contribution in [1.82, 2.24) is 15.2 Å². The number of rotatable bonds is 4. The Hall–Kier alpha value is -2.44. The summed E-state index contributed by atoms with van der Waals surface area (Å²) in [5.41, 5.74) is 1.99. The van der Waals surface area contributed by atoms with Crippen LogP contribution in [0.15, 0.2) is 48.7 Å². The number of hydrogen-bond donors (Lipinski definition) is 1. The molecule has 2 aromatic rings. The van der Waals surface area contributed by atoms with Crippen molar-refractivity contribution in [1.29, 1.82) is 0 Å². The number of amides is 1. The largest absolute Gasteiger partial charge is 0.487 e. The third kappa shape index (κ3) is 4.26. The monoisotopic (exact) mass is 435 g/mol. The van der Waals surface area contributed by atoms with Crippen molar-refractivity contribution in [3.8, 4) is 5.75 Å². The molecular formula is C26H33N3O3. The number of nitrogens with zero attached hydrogens (tertiary/aromatic N) is 2. The van der Waals surface area contributed by atoms with Crippen LogP contribution in [-0.4, -0.2) is 47.6 Å². The zero-order chi connectivity index (χ0) is 22.2. The van der Waals surface area contributed by atoms with Crippen molar-refractivity contribution in [3.63, 3.8) is 0 Å². The molecule has 3 aliphatic rings. The lowest BCUT2D eigenvalue weighted by molar-refractivity contribution is -0.174. The number of piperidine rings is 1. The van der Waals surface area contributed by atoms with E-state index in [1.165, 1.54) is 5.56 Å². The van der Waals surface area contributed by atoms with Crippen LogP contribution in [-0.2, 0) is 16.1 Å². The summed E-state index contributed by atoms with van der Waals surface area (Å²) < 4.78 is 13.0. The summed E-state index contributed by atoms with van der Waals surface area (Å²) >= 11 is 0. The van der Waals surface area contributed by atoms with E-state index in [0.29, 0.717) is 19.0 Å². The summed E-state index contributed by atoms with van der Waals surface area (Å²) in [4.78, 5) is 18.9. The smallest absolute Gasteiger partial charge is 0.234 e. The number of fused-ring (bicyclic) bond motifs is 3. The average molecular weight is 436 g/mol. The normalized spacial score (nSPS) is 25.9. The molecule has 1 aromatic carbocycles. The van der Waals surface area contributed by atoms with Gasteiger partial charge in [0.1, 0.15) is 11.4 Å². The van der Waals surface area contributed by atoms with Crippen LogP contribution >= 0.6 is 0 Å². The average Bonchev–Trinajstić information content (AvgIpc) is 2.80. The maximum Gasteiger partial charge on any atom is 0.234 e. The maximum absolute atomic E-state index is 12.4. The molecule has 1 N–H and O–H groups in total. The first kappa shape index (κ1) is 21.4. The van der Waals surface area contributed by atoms with Crippen molar-refractivity contribution in [2.75, 3.05) is 26.2 Å². The SMILES string of the molecule is CC1(C)Oc2ccccc2[C@H]2OCC3(CCN(CC(=O)NCc4ccccn4)CC3)C[C@@H]21. The van der Waals surface area contributed by atoms with Crippen LogP contribution in [0.3, 0.4) is 0 Å². The number of para-hydroxylation sites is 1. The fourth-order valence-electron chi connectivity index (χ4n) is 5.58. The molecule has 32 heavy (non-hydrogen) atoms. The van der Waals surface area contributed by atoms with Crippen LogP contribution in [0.25, 0.3) is 0 Å². The van der Waals surface area contributed by atoms with Gasteiger partial charge in [-0.25, -0.2) is 0 Å². The predicted molar refractivity (Wildman–Crippen MR) is 122 cm³/mol. The third-order valence-corrected chi connectivity index (χ3v) is 7.56. The molecular weight excluding hydrogens is 402 g/mol. The second-order valence-corrected chi connectivity index (χ2v) is 10.2. The van der Waals surface area contributed by atoms with Crippen molar-refractivity contribution >= 4 is 5.91 Å². The minimum atomic E-state index is -0.255. The quantitative estimate of drug-likeness (QED) is 0.793. The summed E-state index contributed by atoms with van der Waals surface area (Å²) in [6.45, 7) is 7.96. The van der Waals surface area contributed by atoms with Gasteiger partial charge in [0, 0.05) is 17.7 Å². The Morgan fingerprint density at radius 3 is 2.72 bits per heavy atom. The molecule has 1 aromatic heterocycles. The van der Waals surface area contributed by atoms with E-state index in [-0.39, 0.29) is 23.0 Å². The van der Waals surface area contributed by atoms with Gasteiger partial charge in [0.15, 0.2) is 0 Å². The lowest BCUT2D eigenvalue weighted by atomic mass is 9.64. The molecule has 1 amide bonds. The van der Waals surface area contributed by atoms with Crippen molar-refractivity contribution < 1.29 is 14.3 Å². The number of nitrogens with one attached hydrogen (secondary N) is 1. The maximum atomic E-state index is 12.4. The molecule has 3 aliphatic heterocycles. The van der Waals surface area contributed by atoms with E-state index in [2.05, 4.69) is 47.2 Å². The molecule has 2 fully saturated rings. The van der Waals surface area contributed by atoms with Gasteiger partial charge in [-0.15, -0.1) is 0 Å². The zero-order valence-corrected chi connectivity index (χ0v) is 19.0. The highest BCUT2D eigenvalue weighted by Gasteiger charge is 2.52. The van der Waals surface area contributed by atoms with Gasteiger partial charge in [-0.2, -0.15) is 0 Å². The topological polar surface area (TPSA) is 63.7 Å². The van der Waals surface area contributed by atoms with Crippen LogP contribution in [0, 0.1) is 11.3 Å². The summed E-state index contributed by atoms with van der Waals surface area (Å²) in [7, 11) is 0. The molecule has 4 heterocycles. The van der Waals surface area contributed by atoms with Gasteiger partial charge in [0.25, 0.3) is 0 Å². The first-order chi connectivity index (χ1) is 15.4. The molecule has 6 heteroatoms. The van der Waals surface area contributed by atoms with Crippen LogP contribution < -0.4 is 10.1 Å². The third-order valence-electron chi connectivity index (χ3n) is 7.56. The van der Waals surface area contributed by atoms with Crippen LogP contribution in [0.5, 0.6) is 5.75 Å². The van der Waals surface area contributed by atoms with E-state index in [1.807, 2.05) is 24.3 Å². The number of carbonyl (C=O) groups excluding carboxylic acids is 1. The van der Waals surface area contributed by atoms with Gasteiger partial charge in [0.2, 0.25) is 5.91 Å². The van der Waals surface area contributed by atoms with E-state index in [0.717, 1.165) is 50.4 Å². The summed E-state index contributed by atoms with van der Waals surface area (Å²) in [5, 5.41) is 2.99. The zero-order valence-electron chi connectivity index (χ0n) is 19.0. The number of aromatic nitrogens is 1. The summed E-state index contributed by atoms with van der Waals surface area (Å²) in [6, 6.07) is 14.0. The number of likely N-dealkylation sites (tertiary alicyclic amines) is 1. The van der Waals surface area contributed by atoms with E-state index < -0.39 is 0 Å². The van der Waals surface area contributed by atoms with Gasteiger partial charge >= 0.3 is 0 Å². The molecule has 0 radical (unpaired) electrons. The van der Waals surface area contributed by atoms with Crippen molar-refractivity contribution in [2.45, 2.75) is 51.4 Å². The van der Waals surface area contributed by atoms with Crippen LogP contribution in [0.1, 0.15) is 50.5 Å². The molecule has 1 spiro atoms. The minimum absolute atomic E-state index is 0.0602. The second-order valence-electron chi connectivity index (χ2n) is 10.2. The van der Waals surface area contributed by atoms with E-state index in [4.69, 9.17) is 9.47 Å². The fraction of sp³-hybridized carbons (Fsp3) is 0.538. The highest BCUT2D eigenvalue weighted by molar-refractivity contribution is 5.77. The Bertz CT molecular complexity index is 954. The number of pyridine rings is 1. The van der Waals surface area contributed by atoms with E-state index in [9.17, 15) is 4.79 Å². The van der Waals surface area contributed by atoms with Crippen LogP contribution in [0.4, 0.5) is 0 Å². The first-order valence-electron chi connectivity index (χ1n) is 11.7. The van der Waals surface area contributed by atoms with E-state index in [1.54, 1.807) is 6.20 Å². The van der Waals surface area contributed by atoms with Gasteiger partial charge < -0.3 is 14.8 Å². The van der Waals surface area contributed by atoms with Gasteiger partial charge in [0.05, 0.1) is 31.5 Å². The standard InChI is InChI=1S/C26H33N3O3/c1-25(2)21-15-26(18-31-24(21)20-8-3-4-9-22(20)32-25)10-13-29(14-11-26)17-23(30)28-16-19-7-5-6-12-27-19/h3-9,12,21,24H,10-11,13-18H2,1-2H3,(H,28,30)/t21-,24+/m0/s1. The molecule has 0 unspecified atom stereocenters. The summed E-state index contributed by atoms with van der Waals surface area (Å²) in [6.07, 6.45) is 5.08. The molecule has 2 atom stereocenters. The Morgan fingerprint density at radius 1 is 1.16 bits per heavy atom. The lowest BCUT2D eigenvalue weighted by Crippen LogP contribution is -2.54. The fourth-order valence-corrected chi connectivity index (χ4v) is 5.58. The molecule has 0 saturated carbocycles. The highest BCUT2D eigenvalue weighted by atomic mass is 16.5. The van der Waals surface area contributed by atoms with E-state index >= 15 is 0 Å². The Kier molecular flexibility index (Phi) is 5.68. The van der Waals surface area contributed by atoms with Crippen LogP contribution in [0.2, 0.25) is 0 Å². The number of hydrogen-bond acceptors (Lipinski definition) is 5. The van der Waals surface area contributed by atoms with Crippen molar-refractivity contribution in [2.24, 2.45) is 11.3 Å². The number of carbonyl (C=O) groups is 1. The molecule has 170 valence electrons. The van der Waals surface area contributed by atoms with Crippen molar-refractivity contribution in [3.05, 3.63) is 59.9 Å². The second kappa shape index (κ2) is 8.49. The minimum Gasteiger partial charge on any atom is -0.487 e. The molecule has 0 aliphatic carbocycles. The van der Waals surface area contributed by atoms with Gasteiger partial charge in [-0.3, -0.25) is 14.7 Å². The molecule has 2 saturated heterocycles. The highest BCUT2D eigenvalue weighted by Crippen LogP contribution is 2.55. The number of benzene rings is 1. The molecule has 0 bridgehead atoms. The first-order valence-corrected chi connectivity index (χ1v) is 11.7. The van der Waals surface area contributed by atoms with Gasteiger partial charge in [-0.1, -0.05) is 24.3 Å². The Balaban J connectivity index is 1.17. The Morgan fingerprint density at radius 2 is 1.94 bits per heavy atom. The lowest BCUT2D eigenvalue weighted by Gasteiger charge is -2.54. The molecule has 5 rings (SSSR count). The Labute approximate surface area is 190 Å². The number of ether oxygens (including phenoxy) is 2. The van der Waals surface area contributed by atoms with Gasteiger partial charge in [-0.05, 0) is 69.8 Å².